The molecule has 1 atom stereocenters. The highest BCUT2D eigenvalue weighted by Crippen LogP contribution is 2.32. The predicted octanol–water partition coefficient (Wildman–Crippen LogP) is 3.75. The van der Waals surface area contributed by atoms with Crippen LogP contribution in [0.4, 0.5) is 5.13 Å². The van der Waals surface area contributed by atoms with Gasteiger partial charge in [-0.2, -0.15) is 0 Å². The third-order valence-electron chi connectivity index (χ3n) is 4.81. The van der Waals surface area contributed by atoms with Crippen LogP contribution in [0.5, 0.6) is 0 Å². The van der Waals surface area contributed by atoms with E-state index in [2.05, 4.69) is 15.6 Å². The van der Waals surface area contributed by atoms with E-state index in [1.54, 1.807) is 6.07 Å². The number of ketones is 1. The molecule has 2 heterocycles. The molecule has 0 saturated heterocycles. The van der Waals surface area contributed by atoms with E-state index in [0.29, 0.717) is 40.1 Å². The van der Waals surface area contributed by atoms with E-state index in [4.69, 9.17) is 16.0 Å². The number of nitrogens with one attached hydrogen (secondary N) is 2. The molecule has 0 unspecified atom stereocenters. The third kappa shape index (κ3) is 4.44. The first-order chi connectivity index (χ1) is 14.5. The Morgan fingerprint density at radius 1 is 1.20 bits per heavy atom. The van der Waals surface area contributed by atoms with Crippen LogP contribution in [-0.2, 0) is 17.6 Å². The van der Waals surface area contributed by atoms with Gasteiger partial charge in [0.15, 0.2) is 16.7 Å². The summed E-state index contributed by atoms with van der Waals surface area (Å²) in [5, 5.41) is 6.49. The summed E-state index contributed by atoms with van der Waals surface area (Å²) in [5.74, 6) is -1.08. The summed E-state index contributed by atoms with van der Waals surface area (Å²) in [6.07, 6.45) is 2.49. The fourth-order valence-corrected chi connectivity index (χ4v) is 4.47. The number of Topliss-reactive ketones (excluding diaryl/α,β-unsaturated/α-hetero) is 1. The van der Waals surface area contributed by atoms with Gasteiger partial charge in [0, 0.05) is 24.4 Å². The van der Waals surface area contributed by atoms with E-state index in [9.17, 15) is 14.4 Å². The molecule has 2 aromatic heterocycles. The van der Waals surface area contributed by atoms with Gasteiger partial charge in [-0.05, 0) is 30.2 Å². The van der Waals surface area contributed by atoms with Crippen molar-refractivity contribution in [1.29, 1.82) is 0 Å². The molecular formula is C21H18ClN3O4S. The zero-order valence-corrected chi connectivity index (χ0v) is 17.4. The fourth-order valence-electron chi connectivity index (χ4n) is 3.30. The molecule has 154 valence electrons. The third-order valence-corrected chi connectivity index (χ3v) is 6.23. The van der Waals surface area contributed by atoms with Gasteiger partial charge in [0.2, 0.25) is 5.91 Å². The number of halogens is 1. The zero-order valence-electron chi connectivity index (χ0n) is 15.8. The number of furan rings is 1. The second-order valence-electron chi connectivity index (χ2n) is 6.89. The number of aromatic nitrogens is 1. The molecule has 0 fully saturated rings. The van der Waals surface area contributed by atoms with Gasteiger partial charge in [-0.15, -0.1) is 0 Å². The van der Waals surface area contributed by atoms with Crippen molar-refractivity contribution in [2.24, 2.45) is 5.92 Å². The highest BCUT2D eigenvalue weighted by atomic mass is 35.5. The Kier molecular flexibility index (Phi) is 5.96. The van der Waals surface area contributed by atoms with Crippen LogP contribution in [0.15, 0.2) is 47.1 Å². The molecule has 2 amide bonds. The molecular weight excluding hydrogens is 426 g/mol. The predicted molar refractivity (Wildman–Crippen MR) is 113 cm³/mol. The van der Waals surface area contributed by atoms with Crippen molar-refractivity contribution in [3.8, 4) is 0 Å². The van der Waals surface area contributed by atoms with Crippen molar-refractivity contribution in [2.45, 2.75) is 19.3 Å². The Labute approximate surface area is 181 Å². The molecule has 0 bridgehead atoms. The number of benzene rings is 1. The van der Waals surface area contributed by atoms with E-state index in [0.717, 1.165) is 16.9 Å². The van der Waals surface area contributed by atoms with Crippen molar-refractivity contribution in [3.05, 3.63) is 69.6 Å². The smallest absolute Gasteiger partial charge is 0.293 e. The summed E-state index contributed by atoms with van der Waals surface area (Å²) in [6, 6.07) is 10.6. The minimum atomic E-state index is -0.480. The van der Waals surface area contributed by atoms with Crippen LogP contribution in [0.25, 0.3) is 0 Å². The highest BCUT2D eigenvalue weighted by Gasteiger charge is 2.33. The van der Waals surface area contributed by atoms with Crippen molar-refractivity contribution in [2.75, 3.05) is 11.9 Å². The number of fused-ring (bicyclic) bond motifs is 1. The molecule has 2 N–H and O–H groups in total. The molecule has 1 aromatic carbocycles. The fraction of sp³-hybridized carbons (Fsp3) is 0.238. The van der Waals surface area contributed by atoms with Gasteiger partial charge in [-0.25, -0.2) is 4.98 Å². The maximum absolute atomic E-state index is 12.6. The van der Waals surface area contributed by atoms with Crippen LogP contribution in [0.1, 0.15) is 37.9 Å². The summed E-state index contributed by atoms with van der Waals surface area (Å²) >= 11 is 7.25. The molecule has 0 saturated carbocycles. The Morgan fingerprint density at radius 2 is 2.03 bits per heavy atom. The van der Waals surface area contributed by atoms with Crippen molar-refractivity contribution in [1.82, 2.24) is 10.3 Å². The number of anilines is 1. The topological polar surface area (TPSA) is 101 Å². The normalized spacial score (nSPS) is 15.5. The number of thiazole rings is 1. The minimum absolute atomic E-state index is 0.124. The summed E-state index contributed by atoms with van der Waals surface area (Å²) < 4.78 is 5.05. The maximum atomic E-state index is 12.6. The summed E-state index contributed by atoms with van der Waals surface area (Å²) in [6.45, 7) is 0.432. The average molecular weight is 444 g/mol. The van der Waals surface area contributed by atoms with Gasteiger partial charge in [0.25, 0.3) is 5.91 Å². The lowest BCUT2D eigenvalue weighted by atomic mass is 9.89. The lowest BCUT2D eigenvalue weighted by Crippen LogP contribution is -2.36. The molecule has 1 aliphatic carbocycles. The Morgan fingerprint density at radius 3 is 2.80 bits per heavy atom. The standard InChI is InChI=1S/C21H18ClN3O4S/c22-14-5-2-1-4-12(14)7-8-23-19(27)13-10-15-18(16(26)11-13)30-21(24-15)25-20(28)17-6-3-9-29-17/h1-6,9,13H,7-8,10-11H2,(H,23,27)(H,24,25,28)/t13-/m0/s1. The van der Waals surface area contributed by atoms with Crippen LogP contribution in [0, 0.1) is 5.92 Å². The van der Waals surface area contributed by atoms with Gasteiger partial charge in [-0.3, -0.25) is 19.7 Å². The Bertz CT molecular complexity index is 1090. The van der Waals surface area contributed by atoms with Crippen LogP contribution < -0.4 is 10.6 Å². The monoisotopic (exact) mass is 443 g/mol. The maximum Gasteiger partial charge on any atom is 0.293 e. The number of hydrogen-bond acceptors (Lipinski definition) is 6. The first-order valence-electron chi connectivity index (χ1n) is 9.40. The number of nitrogens with zero attached hydrogens (tertiary/aromatic N) is 1. The summed E-state index contributed by atoms with van der Waals surface area (Å²) in [7, 11) is 0. The SMILES string of the molecule is O=C(Nc1nc2c(s1)C(=O)C[C@@H](C(=O)NCCc1ccccc1Cl)C2)c1ccco1. The number of hydrogen-bond donors (Lipinski definition) is 2. The largest absolute Gasteiger partial charge is 0.459 e. The van der Waals surface area contributed by atoms with E-state index in [-0.39, 0.29) is 23.9 Å². The molecule has 0 radical (unpaired) electrons. The number of carbonyl (C=O) groups is 3. The lowest BCUT2D eigenvalue weighted by Gasteiger charge is -2.19. The minimum Gasteiger partial charge on any atom is -0.459 e. The van der Waals surface area contributed by atoms with Gasteiger partial charge >= 0.3 is 0 Å². The molecule has 0 aliphatic heterocycles. The molecule has 0 spiro atoms. The number of carbonyl (C=O) groups excluding carboxylic acids is 3. The second kappa shape index (κ2) is 8.81. The van der Waals surface area contributed by atoms with E-state index < -0.39 is 11.8 Å². The van der Waals surface area contributed by atoms with Crippen LogP contribution in [0.2, 0.25) is 5.02 Å². The highest BCUT2D eigenvalue weighted by molar-refractivity contribution is 7.17. The molecule has 9 heteroatoms. The second-order valence-corrected chi connectivity index (χ2v) is 8.29. The zero-order chi connectivity index (χ0) is 21.1. The first-order valence-corrected chi connectivity index (χ1v) is 10.6. The average Bonchev–Trinajstić information content (AvgIpc) is 3.39. The number of amides is 2. The Hall–Kier alpha value is -2.97. The number of rotatable bonds is 6. The van der Waals surface area contributed by atoms with E-state index >= 15 is 0 Å². The van der Waals surface area contributed by atoms with Gasteiger partial charge < -0.3 is 9.73 Å². The van der Waals surface area contributed by atoms with Crippen LogP contribution >= 0.6 is 22.9 Å². The summed E-state index contributed by atoms with van der Waals surface area (Å²) in [5.41, 5.74) is 1.50. The van der Waals surface area contributed by atoms with Gasteiger partial charge in [0.1, 0.15) is 0 Å². The van der Waals surface area contributed by atoms with Crippen LogP contribution in [0.3, 0.4) is 0 Å². The molecule has 30 heavy (non-hydrogen) atoms. The van der Waals surface area contributed by atoms with Gasteiger partial charge in [0.05, 0.1) is 22.8 Å². The molecule has 7 nitrogen and oxygen atoms in total. The Balaban J connectivity index is 1.36. The van der Waals surface area contributed by atoms with Crippen molar-refractivity contribution >= 4 is 45.7 Å². The molecule has 4 rings (SSSR count). The van der Waals surface area contributed by atoms with Gasteiger partial charge in [-0.1, -0.05) is 41.1 Å². The van der Waals surface area contributed by atoms with Crippen molar-refractivity contribution in [3.63, 3.8) is 0 Å². The quantitative estimate of drug-likeness (QED) is 0.604. The van der Waals surface area contributed by atoms with E-state index in [1.807, 2.05) is 24.3 Å². The molecule has 1 aliphatic rings. The van der Waals surface area contributed by atoms with E-state index in [1.165, 1.54) is 12.3 Å². The first kappa shape index (κ1) is 20.3. The van der Waals surface area contributed by atoms with Crippen LogP contribution in [-0.4, -0.2) is 29.1 Å². The summed E-state index contributed by atoms with van der Waals surface area (Å²) in [4.78, 5) is 42.0. The molecule has 3 aromatic rings. The van der Waals surface area contributed by atoms with Crippen molar-refractivity contribution < 1.29 is 18.8 Å². The lowest BCUT2D eigenvalue weighted by molar-refractivity contribution is -0.125.